The highest BCUT2D eigenvalue weighted by Gasteiger charge is 2.21. The Hall–Kier alpha value is -1.50. The van der Waals surface area contributed by atoms with E-state index in [0.29, 0.717) is 0 Å². The normalized spacial score (nSPS) is 20.3. The lowest BCUT2D eigenvalue weighted by molar-refractivity contribution is -0.132. The van der Waals surface area contributed by atoms with E-state index in [-0.39, 0.29) is 18.1 Å². The molecule has 0 saturated carbocycles. The van der Waals surface area contributed by atoms with Crippen molar-refractivity contribution in [3.8, 4) is 0 Å². The molecule has 0 radical (unpaired) electrons. The Balaban J connectivity index is 1.38. The summed E-state index contributed by atoms with van der Waals surface area (Å²) in [5.74, 6) is -0.193. The molecule has 0 aromatic heterocycles. The molecule has 2 aliphatic rings. The van der Waals surface area contributed by atoms with E-state index in [2.05, 4.69) is 9.80 Å². The van der Waals surface area contributed by atoms with Crippen LogP contribution in [-0.2, 0) is 16.0 Å². The molecule has 2 fully saturated rings. The zero-order valence-corrected chi connectivity index (χ0v) is 14.1. The Morgan fingerprint density at radius 1 is 1.00 bits per heavy atom. The van der Waals surface area contributed by atoms with Gasteiger partial charge in [-0.2, -0.15) is 0 Å². The molecule has 0 atom stereocenters. The second kappa shape index (κ2) is 8.55. The molecule has 0 aliphatic carbocycles. The van der Waals surface area contributed by atoms with Gasteiger partial charge in [0.2, 0.25) is 5.91 Å². The summed E-state index contributed by atoms with van der Waals surface area (Å²) in [6.07, 6.45) is 0.283. The highest BCUT2D eigenvalue weighted by molar-refractivity contribution is 5.78. The van der Waals surface area contributed by atoms with Gasteiger partial charge in [0.25, 0.3) is 0 Å². The van der Waals surface area contributed by atoms with Gasteiger partial charge < -0.3 is 9.64 Å². The number of benzene rings is 1. The van der Waals surface area contributed by atoms with Gasteiger partial charge in [-0.1, -0.05) is 12.1 Å². The van der Waals surface area contributed by atoms with Crippen molar-refractivity contribution in [2.45, 2.75) is 6.42 Å². The Morgan fingerprint density at radius 2 is 1.67 bits per heavy atom. The smallest absolute Gasteiger partial charge is 0.227 e. The van der Waals surface area contributed by atoms with Gasteiger partial charge in [-0.3, -0.25) is 14.6 Å². The van der Waals surface area contributed by atoms with Crippen molar-refractivity contribution >= 4 is 5.91 Å². The second-order valence-electron chi connectivity index (χ2n) is 6.48. The number of piperazine rings is 1. The zero-order valence-electron chi connectivity index (χ0n) is 14.1. The first-order valence-electron chi connectivity index (χ1n) is 8.75. The third-order valence-electron chi connectivity index (χ3n) is 4.81. The van der Waals surface area contributed by atoms with Crippen LogP contribution in [0.25, 0.3) is 0 Å². The highest BCUT2D eigenvalue weighted by atomic mass is 19.1. The lowest BCUT2D eigenvalue weighted by Gasteiger charge is -2.36. The maximum Gasteiger partial charge on any atom is 0.227 e. The molecule has 3 rings (SSSR count). The van der Waals surface area contributed by atoms with E-state index in [0.717, 1.165) is 71.1 Å². The van der Waals surface area contributed by atoms with Crippen LogP contribution < -0.4 is 0 Å². The molecular weight excluding hydrogens is 309 g/mol. The Morgan fingerprint density at radius 3 is 2.33 bits per heavy atom. The fourth-order valence-electron chi connectivity index (χ4n) is 3.26. The number of rotatable bonds is 5. The minimum absolute atomic E-state index is 0.0911. The van der Waals surface area contributed by atoms with Gasteiger partial charge in [0.15, 0.2) is 0 Å². The van der Waals surface area contributed by atoms with Crippen molar-refractivity contribution in [2.24, 2.45) is 0 Å². The summed E-state index contributed by atoms with van der Waals surface area (Å²) in [7, 11) is 0. The molecule has 0 N–H and O–H groups in total. The Labute approximate surface area is 143 Å². The number of amides is 1. The maximum absolute atomic E-state index is 13.2. The first-order chi connectivity index (χ1) is 11.7. The Bertz CT molecular complexity index is 541. The van der Waals surface area contributed by atoms with Crippen molar-refractivity contribution in [3.05, 3.63) is 35.6 Å². The van der Waals surface area contributed by atoms with Crippen LogP contribution in [0.1, 0.15) is 5.56 Å². The van der Waals surface area contributed by atoms with Crippen molar-refractivity contribution < 1.29 is 13.9 Å². The molecule has 2 heterocycles. The molecule has 0 spiro atoms. The number of carbonyl (C=O) groups is 1. The zero-order chi connectivity index (χ0) is 16.8. The van der Waals surface area contributed by atoms with Gasteiger partial charge >= 0.3 is 0 Å². The summed E-state index contributed by atoms with van der Waals surface area (Å²) < 4.78 is 18.6. The third-order valence-corrected chi connectivity index (χ3v) is 4.81. The first kappa shape index (κ1) is 17.3. The molecule has 132 valence electrons. The van der Waals surface area contributed by atoms with Gasteiger partial charge in [0.05, 0.1) is 19.6 Å². The molecule has 1 aromatic carbocycles. The van der Waals surface area contributed by atoms with Crippen LogP contribution in [0.5, 0.6) is 0 Å². The van der Waals surface area contributed by atoms with Crippen LogP contribution in [0.4, 0.5) is 4.39 Å². The molecule has 2 saturated heterocycles. The molecule has 6 heteroatoms. The van der Waals surface area contributed by atoms with Crippen LogP contribution in [0.15, 0.2) is 24.3 Å². The van der Waals surface area contributed by atoms with Crippen molar-refractivity contribution in [1.82, 2.24) is 14.7 Å². The summed E-state index contributed by atoms with van der Waals surface area (Å²) in [6, 6.07) is 6.30. The molecule has 24 heavy (non-hydrogen) atoms. The van der Waals surface area contributed by atoms with Crippen molar-refractivity contribution in [1.29, 1.82) is 0 Å². The van der Waals surface area contributed by atoms with E-state index in [4.69, 9.17) is 4.74 Å². The van der Waals surface area contributed by atoms with E-state index in [9.17, 15) is 9.18 Å². The number of ether oxygens (including phenoxy) is 1. The summed E-state index contributed by atoms with van der Waals surface area (Å²) in [6.45, 7) is 9.18. The fourth-order valence-corrected chi connectivity index (χ4v) is 3.26. The molecule has 5 nitrogen and oxygen atoms in total. The largest absolute Gasteiger partial charge is 0.379 e. The lowest BCUT2D eigenvalue weighted by atomic mass is 10.1. The number of hydrogen-bond donors (Lipinski definition) is 0. The van der Waals surface area contributed by atoms with Gasteiger partial charge in [-0.05, 0) is 17.7 Å². The van der Waals surface area contributed by atoms with E-state index < -0.39 is 0 Å². The molecule has 1 amide bonds. The minimum atomic E-state index is -0.284. The van der Waals surface area contributed by atoms with E-state index >= 15 is 0 Å². The summed E-state index contributed by atoms with van der Waals surface area (Å²) in [4.78, 5) is 19.1. The maximum atomic E-state index is 13.2. The number of morpholine rings is 1. The van der Waals surface area contributed by atoms with Crippen LogP contribution in [0.2, 0.25) is 0 Å². The SMILES string of the molecule is O=C(Cc1cccc(F)c1)N1CCN(CCN2CCOCC2)CC1. The van der Waals surface area contributed by atoms with Crippen LogP contribution >= 0.6 is 0 Å². The topological polar surface area (TPSA) is 36.0 Å². The van der Waals surface area contributed by atoms with Gasteiger partial charge in [0.1, 0.15) is 5.82 Å². The third kappa shape index (κ3) is 5.00. The molecule has 0 unspecified atom stereocenters. The number of nitrogens with zero attached hydrogens (tertiary/aromatic N) is 3. The average molecular weight is 335 g/mol. The first-order valence-corrected chi connectivity index (χ1v) is 8.75. The number of halogens is 1. The summed E-state index contributed by atoms with van der Waals surface area (Å²) in [5, 5.41) is 0. The highest BCUT2D eigenvalue weighted by Crippen LogP contribution is 2.09. The molecular formula is C18H26FN3O2. The lowest BCUT2D eigenvalue weighted by Crippen LogP contribution is -2.51. The quantitative estimate of drug-likeness (QED) is 0.799. The van der Waals surface area contributed by atoms with Crippen molar-refractivity contribution in [2.75, 3.05) is 65.6 Å². The fraction of sp³-hybridized carbons (Fsp3) is 0.611. The monoisotopic (exact) mass is 335 g/mol. The van der Waals surface area contributed by atoms with Gasteiger partial charge in [-0.25, -0.2) is 4.39 Å². The van der Waals surface area contributed by atoms with Crippen LogP contribution in [0, 0.1) is 5.82 Å². The van der Waals surface area contributed by atoms with E-state index in [1.165, 1.54) is 12.1 Å². The average Bonchev–Trinajstić information content (AvgIpc) is 2.61. The summed E-state index contributed by atoms with van der Waals surface area (Å²) >= 11 is 0. The van der Waals surface area contributed by atoms with Gasteiger partial charge in [0, 0.05) is 52.4 Å². The predicted molar refractivity (Wildman–Crippen MR) is 90.4 cm³/mol. The van der Waals surface area contributed by atoms with Crippen molar-refractivity contribution in [3.63, 3.8) is 0 Å². The second-order valence-corrected chi connectivity index (χ2v) is 6.48. The van der Waals surface area contributed by atoms with Crippen LogP contribution in [0.3, 0.4) is 0 Å². The van der Waals surface area contributed by atoms with E-state index in [1.807, 2.05) is 4.90 Å². The predicted octanol–water partition coefficient (Wildman–Crippen LogP) is 0.845. The summed E-state index contributed by atoms with van der Waals surface area (Å²) in [5.41, 5.74) is 0.745. The van der Waals surface area contributed by atoms with Gasteiger partial charge in [-0.15, -0.1) is 0 Å². The number of carbonyl (C=O) groups excluding carboxylic acids is 1. The molecule has 1 aromatic rings. The number of hydrogen-bond acceptors (Lipinski definition) is 4. The standard InChI is InChI=1S/C18H26FN3O2/c19-17-3-1-2-16(14-17)15-18(23)22-8-6-20(7-9-22)4-5-21-10-12-24-13-11-21/h1-3,14H,4-13,15H2. The van der Waals surface area contributed by atoms with E-state index in [1.54, 1.807) is 12.1 Å². The minimum Gasteiger partial charge on any atom is -0.379 e. The Kier molecular flexibility index (Phi) is 6.18. The van der Waals surface area contributed by atoms with Crippen LogP contribution in [-0.4, -0.2) is 86.2 Å². The molecule has 0 bridgehead atoms. The molecule has 2 aliphatic heterocycles.